The lowest BCUT2D eigenvalue weighted by Crippen LogP contribution is -2.44. The van der Waals surface area contributed by atoms with Gasteiger partial charge in [-0.25, -0.2) is 4.98 Å². The Morgan fingerprint density at radius 3 is 2.44 bits per heavy atom. The molecule has 2 aromatic rings. The van der Waals surface area contributed by atoms with Crippen molar-refractivity contribution >= 4 is 44.4 Å². The van der Waals surface area contributed by atoms with Gasteiger partial charge >= 0.3 is 0 Å². The van der Waals surface area contributed by atoms with Crippen molar-refractivity contribution in [3.63, 3.8) is 0 Å². The van der Waals surface area contributed by atoms with E-state index in [0.717, 1.165) is 26.2 Å². The Kier molecular flexibility index (Phi) is 5.57. The van der Waals surface area contributed by atoms with Gasteiger partial charge in [0.15, 0.2) is 5.13 Å². The number of hydrogen-bond acceptors (Lipinski definition) is 6. The number of likely N-dealkylation sites (N-methyl/N-ethyl adjacent to an activating group) is 1. The normalized spacial score (nSPS) is 14.6. The SMILES string of the molecule is Cc1cc(C)c2nc(N(CCN(C)C)C(=O)CN3C(=O)CCC3=O)sc2c1. The zero-order chi connectivity index (χ0) is 19.7. The zero-order valence-corrected chi connectivity index (χ0v) is 16.9. The van der Waals surface area contributed by atoms with E-state index in [9.17, 15) is 14.4 Å². The molecule has 1 aromatic heterocycles. The number of anilines is 1. The van der Waals surface area contributed by atoms with Crippen molar-refractivity contribution in [3.05, 3.63) is 23.3 Å². The molecule has 0 unspecified atom stereocenters. The van der Waals surface area contributed by atoms with Crippen LogP contribution in [0.5, 0.6) is 0 Å². The molecule has 1 aromatic carbocycles. The first-order valence-corrected chi connectivity index (χ1v) is 9.74. The summed E-state index contributed by atoms with van der Waals surface area (Å²) >= 11 is 1.46. The first-order chi connectivity index (χ1) is 12.8. The molecule has 1 saturated heterocycles. The van der Waals surface area contributed by atoms with Crippen LogP contribution in [0.4, 0.5) is 5.13 Å². The Morgan fingerprint density at radius 1 is 1.15 bits per heavy atom. The summed E-state index contributed by atoms with van der Waals surface area (Å²) < 4.78 is 1.03. The highest BCUT2D eigenvalue weighted by atomic mass is 32.1. The molecule has 0 aliphatic carbocycles. The van der Waals surface area contributed by atoms with Crippen LogP contribution in [0.1, 0.15) is 24.0 Å². The van der Waals surface area contributed by atoms with E-state index in [1.165, 1.54) is 11.3 Å². The van der Waals surface area contributed by atoms with E-state index < -0.39 is 0 Å². The fourth-order valence-corrected chi connectivity index (χ4v) is 4.31. The van der Waals surface area contributed by atoms with Crippen LogP contribution in [0.3, 0.4) is 0 Å². The predicted molar refractivity (Wildman–Crippen MR) is 106 cm³/mol. The molecule has 0 saturated carbocycles. The Morgan fingerprint density at radius 2 is 1.81 bits per heavy atom. The maximum atomic E-state index is 13.0. The molecule has 144 valence electrons. The largest absolute Gasteiger partial charge is 0.308 e. The zero-order valence-electron chi connectivity index (χ0n) is 16.1. The molecule has 0 bridgehead atoms. The third-order valence-electron chi connectivity index (χ3n) is 4.57. The summed E-state index contributed by atoms with van der Waals surface area (Å²) in [5.74, 6) is -0.845. The van der Waals surface area contributed by atoms with Gasteiger partial charge in [-0.05, 0) is 45.1 Å². The van der Waals surface area contributed by atoms with E-state index >= 15 is 0 Å². The van der Waals surface area contributed by atoms with Crippen LogP contribution in [-0.2, 0) is 14.4 Å². The van der Waals surface area contributed by atoms with Gasteiger partial charge in [-0.2, -0.15) is 0 Å². The number of thiazole rings is 1. The van der Waals surface area contributed by atoms with E-state index in [0.29, 0.717) is 18.2 Å². The van der Waals surface area contributed by atoms with E-state index in [-0.39, 0.29) is 37.1 Å². The topological polar surface area (TPSA) is 73.8 Å². The van der Waals surface area contributed by atoms with Crippen LogP contribution in [0.15, 0.2) is 12.1 Å². The lowest BCUT2D eigenvalue weighted by Gasteiger charge is -2.24. The van der Waals surface area contributed by atoms with Gasteiger partial charge in [-0.15, -0.1) is 0 Å². The summed E-state index contributed by atoms with van der Waals surface area (Å²) in [6.45, 7) is 4.91. The van der Waals surface area contributed by atoms with Crippen molar-refractivity contribution in [3.8, 4) is 0 Å². The number of carbonyl (C=O) groups is 3. The first-order valence-electron chi connectivity index (χ1n) is 8.92. The molecule has 1 aliphatic heterocycles. The summed E-state index contributed by atoms with van der Waals surface area (Å²) in [5.41, 5.74) is 3.10. The lowest BCUT2D eigenvalue weighted by molar-refractivity contribution is -0.141. The molecule has 3 rings (SSSR count). The number of aryl methyl sites for hydroxylation is 2. The van der Waals surface area contributed by atoms with Crippen molar-refractivity contribution in [2.24, 2.45) is 0 Å². The molecule has 27 heavy (non-hydrogen) atoms. The summed E-state index contributed by atoms with van der Waals surface area (Å²) in [7, 11) is 3.87. The quantitative estimate of drug-likeness (QED) is 0.707. The second kappa shape index (κ2) is 7.74. The number of likely N-dealkylation sites (tertiary alicyclic amines) is 1. The number of nitrogens with zero attached hydrogens (tertiary/aromatic N) is 4. The fraction of sp³-hybridized carbons (Fsp3) is 0.474. The van der Waals surface area contributed by atoms with Crippen LogP contribution < -0.4 is 4.90 Å². The highest BCUT2D eigenvalue weighted by molar-refractivity contribution is 7.22. The second-order valence-corrected chi connectivity index (χ2v) is 8.16. The number of aromatic nitrogens is 1. The number of benzene rings is 1. The fourth-order valence-electron chi connectivity index (χ4n) is 3.12. The minimum absolute atomic E-state index is 0.184. The van der Waals surface area contributed by atoms with Crippen molar-refractivity contribution in [1.82, 2.24) is 14.8 Å². The van der Waals surface area contributed by atoms with Crippen molar-refractivity contribution in [1.29, 1.82) is 0 Å². The maximum absolute atomic E-state index is 13.0. The molecule has 0 spiro atoms. The summed E-state index contributed by atoms with van der Waals surface area (Å²) in [6.07, 6.45) is 0.368. The van der Waals surface area contributed by atoms with Crippen LogP contribution in [0.25, 0.3) is 10.2 Å². The molecule has 3 amide bonds. The Bertz CT molecular complexity index is 890. The highest BCUT2D eigenvalue weighted by Crippen LogP contribution is 2.32. The van der Waals surface area contributed by atoms with Crippen LogP contribution in [-0.4, -0.2) is 66.2 Å². The highest BCUT2D eigenvalue weighted by Gasteiger charge is 2.32. The van der Waals surface area contributed by atoms with Crippen LogP contribution >= 0.6 is 11.3 Å². The summed E-state index contributed by atoms with van der Waals surface area (Å²) in [6, 6.07) is 4.13. The number of imide groups is 1. The summed E-state index contributed by atoms with van der Waals surface area (Å²) in [5, 5.41) is 0.602. The van der Waals surface area contributed by atoms with Crippen molar-refractivity contribution < 1.29 is 14.4 Å². The second-order valence-electron chi connectivity index (χ2n) is 7.15. The number of hydrogen-bond donors (Lipinski definition) is 0. The molecule has 2 heterocycles. The van der Waals surface area contributed by atoms with Gasteiger partial charge in [0.05, 0.1) is 10.2 Å². The Hall–Kier alpha value is -2.32. The van der Waals surface area contributed by atoms with E-state index in [1.807, 2.05) is 32.8 Å². The lowest BCUT2D eigenvalue weighted by atomic mass is 10.1. The van der Waals surface area contributed by atoms with E-state index in [2.05, 4.69) is 17.1 Å². The average molecular weight is 388 g/mol. The molecule has 7 nitrogen and oxygen atoms in total. The number of rotatable bonds is 6. The molecule has 0 radical (unpaired) electrons. The summed E-state index contributed by atoms with van der Waals surface area (Å²) in [4.78, 5) is 46.0. The van der Waals surface area contributed by atoms with Crippen molar-refractivity contribution in [2.45, 2.75) is 26.7 Å². The first kappa shape index (κ1) is 19.4. The Balaban J connectivity index is 1.91. The van der Waals surface area contributed by atoms with Gasteiger partial charge < -0.3 is 4.90 Å². The Labute approximate surface area is 162 Å². The molecule has 0 N–H and O–H groups in total. The van der Waals surface area contributed by atoms with E-state index in [4.69, 9.17) is 0 Å². The van der Waals surface area contributed by atoms with Gasteiger partial charge in [-0.3, -0.25) is 24.2 Å². The molecule has 0 atom stereocenters. The monoisotopic (exact) mass is 388 g/mol. The number of carbonyl (C=O) groups excluding carboxylic acids is 3. The van der Waals surface area contributed by atoms with Gasteiger partial charge in [0.25, 0.3) is 0 Å². The standard InChI is InChI=1S/C19H24N4O3S/c1-12-9-13(2)18-14(10-12)27-19(20-18)22(8-7-21(3)4)17(26)11-23-15(24)5-6-16(23)25/h9-10H,5-8,11H2,1-4H3. The molecule has 1 fully saturated rings. The number of fused-ring (bicyclic) bond motifs is 1. The van der Waals surface area contributed by atoms with Gasteiger partial charge in [0.1, 0.15) is 6.54 Å². The van der Waals surface area contributed by atoms with Gasteiger partial charge in [0.2, 0.25) is 17.7 Å². The molecule has 1 aliphatic rings. The van der Waals surface area contributed by atoms with Crippen LogP contribution in [0, 0.1) is 13.8 Å². The molecule has 8 heteroatoms. The minimum atomic E-state index is -0.283. The smallest absolute Gasteiger partial charge is 0.248 e. The molecular weight excluding hydrogens is 364 g/mol. The predicted octanol–water partition coefficient (Wildman–Crippen LogP) is 1.96. The average Bonchev–Trinajstić information content (AvgIpc) is 3.13. The van der Waals surface area contributed by atoms with Crippen molar-refractivity contribution in [2.75, 3.05) is 38.6 Å². The molecular formula is C19H24N4O3S. The third-order valence-corrected chi connectivity index (χ3v) is 5.59. The number of amides is 3. The van der Waals surface area contributed by atoms with Gasteiger partial charge in [0, 0.05) is 25.9 Å². The maximum Gasteiger partial charge on any atom is 0.248 e. The van der Waals surface area contributed by atoms with Gasteiger partial charge in [-0.1, -0.05) is 17.4 Å². The van der Waals surface area contributed by atoms with Crippen LogP contribution in [0.2, 0.25) is 0 Å². The minimum Gasteiger partial charge on any atom is -0.308 e. The van der Waals surface area contributed by atoms with E-state index in [1.54, 1.807) is 4.90 Å². The third kappa shape index (κ3) is 4.17.